The van der Waals surface area contributed by atoms with E-state index in [-0.39, 0.29) is 10.7 Å². The SMILES string of the molecule is C=CCOc1ccc(CN(C)C(=O)C(Br)CC)cc1. The molecule has 1 amide bonds. The summed E-state index contributed by atoms with van der Waals surface area (Å²) in [6.45, 7) is 6.69. The second-order valence-corrected chi connectivity index (χ2v) is 5.42. The Hall–Kier alpha value is -1.29. The predicted octanol–water partition coefficient (Wildman–Crippen LogP) is 3.38. The van der Waals surface area contributed by atoms with Crippen molar-refractivity contribution in [3.63, 3.8) is 0 Å². The highest BCUT2D eigenvalue weighted by Crippen LogP contribution is 2.15. The van der Waals surface area contributed by atoms with Crippen molar-refractivity contribution in [1.29, 1.82) is 0 Å². The number of carbonyl (C=O) groups is 1. The number of halogens is 1. The van der Waals surface area contributed by atoms with Gasteiger partial charge < -0.3 is 9.64 Å². The van der Waals surface area contributed by atoms with E-state index >= 15 is 0 Å². The van der Waals surface area contributed by atoms with Crippen LogP contribution in [0.25, 0.3) is 0 Å². The minimum atomic E-state index is -0.104. The van der Waals surface area contributed by atoms with Crippen LogP contribution < -0.4 is 4.74 Å². The number of rotatable bonds is 7. The van der Waals surface area contributed by atoms with E-state index in [4.69, 9.17) is 4.74 Å². The molecule has 0 saturated carbocycles. The lowest BCUT2D eigenvalue weighted by molar-refractivity contribution is -0.129. The van der Waals surface area contributed by atoms with Crippen molar-refractivity contribution in [2.45, 2.75) is 24.7 Å². The van der Waals surface area contributed by atoms with Gasteiger partial charge >= 0.3 is 0 Å². The van der Waals surface area contributed by atoms with Crippen LogP contribution in [-0.2, 0) is 11.3 Å². The smallest absolute Gasteiger partial charge is 0.236 e. The molecular weight excluding hydrogens is 306 g/mol. The van der Waals surface area contributed by atoms with Gasteiger partial charge in [-0.15, -0.1) is 0 Å². The molecule has 104 valence electrons. The fourth-order valence-electron chi connectivity index (χ4n) is 1.61. The molecule has 0 aliphatic heterocycles. The van der Waals surface area contributed by atoms with Crippen molar-refractivity contribution >= 4 is 21.8 Å². The molecule has 0 aliphatic rings. The van der Waals surface area contributed by atoms with E-state index in [2.05, 4.69) is 22.5 Å². The van der Waals surface area contributed by atoms with Gasteiger partial charge in [0.25, 0.3) is 0 Å². The van der Waals surface area contributed by atoms with Gasteiger partial charge in [-0.1, -0.05) is 47.6 Å². The largest absolute Gasteiger partial charge is 0.490 e. The standard InChI is InChI=1S/C15H20BrNO2/c1-4-10-19-13-8-6-12(7-9-13)11-17(3)15(18)14(16)5-2/h4,6-9,14H,1,5,10-11H2,2-3H3. The van der Waals surface area contributed by atoms with Gasteiger partial charge in [0, 0.05) is 13.6 Å². The van der Waals surface area contributed by atoms with Crippen LogP contribution in [0, 0.1) is 0 Å². The molecule has 19 heavy (non-hydrogen) atoms. The van der Waals surface area contributed by atoms with Crippen LogP contribution in [0.2, 0.25) is 0 Å². The minimum absolute atomic E-state index is 0.104. The second kappa shape index (κ2) is 8.00. The van der Waals surface area contributed by atoms with Crippen molar-refractivity contribution < 1.29 is 9.53 Å². The number of ether oxygens (including phenoxy) is 1. The molecule has 1 aromatic carbocycles. The zero-order chi connectivity index (χ0) is 14.3. The molecule has 4 heteroatoms. The number of benzene rings is 1. The Kier molecular flexibility index (Phi) is 6.64. The van der Waals surface area contributed by atoms with Gasteiger partial charge in [-0.25, -0.2) is 0 Å². The van der Waals surface area contributed by atoms with Crippen LogP contribution in [0.4, 0.5) is 0 Å². The summed E-state index contributed by atoms with van der Waals surface area (Å²) in [6.07, 6.45) is 2.50. The van der Waals surface area contributed by atoms with Crippen LogP contribution in [0.15, 0.2) is 36.9 Å². The van der Waals surface area contributed by atoms with Gasteiger partial charge in [-0.3, -0.25) is 4.79 Å². The molecule has 0 fully saturated rings. The summed E-state index contributed by atoms with van der Waals surface area (Å²) in [7, 11) is 1.81. The van der Waals surface area contributed by atoms with E-state index in [1.54, 1.807) is 11.0 Å². The highest BCUT2D eigenvalue weighted by Gasteiger charge is 2.17. The fourth-order valence-corrected chi connectivity index (χ4v) is 1.96. The summed E-state index contributed by atoms with van der Waals surface area (Å²) < 4.78 is 5.41. The number of hydrogen-bond donors (Lipinski definition) is 0. The zero-order valence-corrected chi connectivity index (χ0v) is 13.0. The summed E-state index contributed by atoms with van der Waals surface area (Å²) in [4.78, 5) is 13.6. The lowest BCUT2D eigenvalue weighted by atomic mass is 10.2. The van der Waals surface area contributed by atoms with Crippen LogP contribution in [0.3, 0.4) is 0 Å². The molecule has 0 N–H and O–H groups in total. The molecule has 1 atom stereocenters. The molecule has 1 rings (SSSR count). The molecule has 0 bridgehead atoms. The highest BCUT2D eigenvalue weighted by molar-refractivity contribution is 9.10. The summed E-state index contributed by atoms with van der Waals surface area (Å²) in [5.74, 6) is 0.916. The number of alkyl halides is 1. The molecule has 0 aromatic heterocycles. The van der Waals surface area contributed by atoms with Crippen LogP contribution in [0.1, 0.15) is 18.9 Å². The van der Waals surface area contributed by atoms with E-state index in [1.807, 2.05) is 38.2 Å². The highest BCUT2D eigenvalue weighted by atomic mass is 79.9. The van der Waals surface area contributed by atoms with Crippen molar-refractivity contribution in [2.75, 3.05) is 13.7 Å². The maximum atomic E-state index is 11.9. The van der Waals surface area contributed by atoms with E-state index < -0.39 is 0 Å². The van der Waals surface area contributed by atoms with Gasteiger partial charge in [0.2, 0.25) is 5.91 Å². The Morgan fingerprint density at radius 3 is 2.63 bits per heavy atom. The van der Waals surface area contributed by atoms with E-state index in [0.29, 0.717) is 13.2 Å². The van der Waals surface area contributed by atoms with Crippen molar-refractivity contribution in [3.8, 4) is 5.75 Å². The lowest BCUT2D eigenvalue weighted by Gasteiger charge is -2.20. The number of hydrogen-bond acceptors (Lipinski definition) is 2. The summed E-state index contributed by atoms with van der Waals surface area (Å²) >= 11 is 3.38. The normalized spacial score (nSPS) is 11.7. The lowest BCUT2D eigenvalue weighted by Crippen LogP contribution is -2.32. The molecule has 1 aromatic rings. The third kappa shape index (κ3) is 5.07. The van der Waals surface area contributed by atoms with Crippen LogP contribution >= 0.6 is 15.9 Å². The monoisotopic (exact) mass is 325 g/mol. The molecule has 3 nitrogen and oxygen atoms in total. The first-order valence-corrected chi connectivity index (χ1v) is 7.21. The average Bonchev–Trinajstić information content (AvgIpc) is 2.44. The molecule has 0 spiro atoms. The average molecular weight is 326 g/mol. The Bertz CT molecular complexity index is 417. The first kappa shape index (κ1) is 15.8. The maximum Gasteiger partial charge on any atom is 0.236 e. The maximum absolute atomic E-state index is 11.9. The zero-order valence-electron chi connectivity index (χ0n) is 11.4. The number of amides is 1. The van der Waals surface area contributed by atoms with E-state index in [0.717, 1.165) is 17.7 Å². The second-order valence-electron chi connectivity index (χ2n) is 4.31. The number of carbonyl (C=O) groups excluding carboxylic acids is 1. The van der Waals surface area contributed by atoms with Gasteiger partial charge in [-0.2, -0.15) is 0 Å². The summed E-state index contributed by atoms with van der Waals surface area (Å²) in [6, 6.07) is 7.75. The van der Waals surface area contributed by atoms with Crippen molar-refractivity contribution in [3.05, 3.63) is 42.5 Å². The van der Waals surface area contributed by atoms with Gasteiger partial charge in [0.15, 0.2) is 0 Å². The van der Waals surface area contributed by atoms with Gasteiger partial charge in [0.1, 0.15) is 12.4 Å². The Morgan fingerprint density at radius 1 is 1.47 bits per heavy atom. The molecular formula is C15H20BrNO2. The van der Waals surface area contributed by atoms with Gasteiger partial charge in [-0.05, 0) is 24.1 Å². The Labute approximate surface area is 123 Å². The third-order valence-corrected chi connectivity index (χ3v) is 3.75. The number of nitrogens with zero attached hydrogens (tertiary/aromatic N) is 1. The summed E-state index contributed by atoms with van der Waals surface area (Å²) in [5.41, 5.74) is 1.08. The van der Waals surface area contributed by atoms with E-state index in [1.165, 1.54) is 0 Å². The first-order valence-electron chi connectivity index (χ1n) is 6.30. The Morgan fingerprint density at radius 2 is 2.11 bits per heavy atom. The molecule has 0 heterocycles. The molecule has 0 saturated heterocycles. The van der Waals surface area contributed by atoms with Crippen molar-refractivity contribution in [1.82, 2.24) is 4.90 Å². The Balaban J connectivity index is 2.57. The van der Waals surface area contributed by atoms with Crippen molar-refractivity contribution in [2.24, 2.45) is 0 Å². The van der Waals surface area contributed by atoms with Crippen LogP contribution in [-0.4, -0.2) is 29.3 Å². The topological polar surface area (TPSA) is 29.5 Å². The predicted molar refractivity (Wildman–Crippen MR) is 81.6 cm³/mol. The van der Waals surface area contributed by atoms with Crippen LogP contribution in [0.5, 0.6) is 5.75 Å². The minimum Gasteiger partial charge on any atom is -0.490 e. The fraction of sp³-hybridized carbons (Fsp3) is 0.400. The molecule has 0 radical (unpaired) electrons. The summed E-state index contributed by atoms with van der Waals surface area (Å²) in [5, 5.41) is 0. The first-order chi connectivity index (χ1) is 9.08. The quantitative estimate of drug-likeness (QED) is 0.568. The molecule has 1 unspecified atom stereocenters. The molecule has 0 aliphatic carbocycles. The van der Waals surface area contributed by atoms with Gasteiger partial charge in [0.05, 0.1) is 4.83 Å². The third-order valence-electron chi connectivity index (χ3n) is 2.71. The van der Waals surface area contributed by atoms with E-state index in [9.17, 15) is 4.79 Å².